The van der Waals surface area contributed by atoms with Crippen molar-refractivity contribution in [2.24, 2.45) is 0 Å². The van der Waals surface area contributed by atoms with Gasteiger partial charge in [0.15, 0.2) is 5.16 Å². The fraction of sp³-hybridized carbons (Fsp3) is 0.176. The van der Waals surface area contributed by atoms with Gasteiger partial charge in [-0.3, -0.25) is 4.79 Å². The lowest BCUT2D eigenvalue weighted by Gasteiger charge is -2.04. The molecule has 0 atom stereocenters. The molecule has 0 aliphatic heterocycles. The zero-order valence-corrected chi connectivity index (χ0v) is 13.4. The second-order valence-corrected chi connectivity index (χ2v) is 6.30. The number of thioether (sulfide) groups is 1. The number of hydrogen-bond donors (Lipinski definition) is 2. The van der Waals surface area contributed by atoms with Crippen molar-refractivity contribution in [2.75, 3.05) is 11.1 Å². The number of carbonyl (C=O) groups is 1. The number of imidazole rings is 1. The molecule has 1 aromatic heterocycles. The van der Waals surface area contributed by atoms with Crippen molar-refractivity contribution in [1.82, 2.24) is 9.97 Å². The maximum atomic E-state index is 12.8. The molecule has 0 unspecified atom stereocenters. The fourth-order valence-corrected chi connectivity index (χ4v) is 2.99. The van der Waals surface area contributed by atoms with Gasteiger partial charge in [-0.1, -0.05) is 17.8 Å². The number of aromatic amines is 1. The van der Waals surface area contributed by atoms with Crippen LogP contribution in [0.2, 0.25) is 0 Å². The molecule has 0 spiro atoms. The van der Waals surface area contributed by atoms with Crippen LogP contribution in [-0.4, -0.2) is 21.6 Å². The van der Waals surface area contributed by atoms with Crippen LogP contribution in [0.5, 0.6) is 0 Å². The normalized spacial score (nSPS) is 10.9. The van der Waals surface area contributed by atoms with Crippen LogP contribution in [0.4, 0.5) is 10.1 Å². The molecule has 0 saturated carbocycles. The van der Waals surface area contributed by atoms with Gasteiger partial charge in [0.05, 0.1) is 11.0 Å². The van der Waals surface area contributed by atoms with Gasteiger partial charge in [-0.15, -0.1) is 0 Å². The largest absolute Gasteiger partial charge is 0.333 e. The topological polar surface area (TPSA) is 57.8 Å². The van der Waals surface area contributed by atoms with Crippen LogP contribution in [0, 0.1) is 12.7 Å². The summed E-state index contributed by atoms with van der Waals surface area (Å²) in [6.07, 6.45) is 0.359. The summed E-state index contributed by atoms with van der Waals surface area (Å²) in [6.45, 7) is 2.03. The Kier molecular flexibility index (Phi) is 4.62. The highest BCUT2D eigenvalue weighted by molar-refractivity contribution is 7.99. The summed E-state index contributed by atoms with van der Waals surface area (Å²) in [5.74, 6) is 0.195. The highest BCUT2D eigenvalue weighted by Crippen LogP contribution is 2.21. The molecule has 0 aliphatic rings. The molecule has 0 bridgehead atoms. The molecule has 0 saturated heterocycles. The van der Waals surface area contributed by atoms with Gasteiger partial charge in [-0.2, -0.15) is 0 Å². The molecule has 3 rings (SSSR count). The lowest BCUT2D eigenvalue weighted by Crippen LogP contribution is -2.12. The monoisotopic (exact) mass is 329 g/mol. The molecular weight excluding hydrogens is 313 g/mol. The molecule has 0 fully saturated rings. The van der Waals surface area contributed by atoms with Gasteiger partial charge in [-0.05, 0) is 48.9 Å². The molecule has 2 N–H and O–H groups in total. The number of nitrogens with zero attached hydrogens (tertiary/aromatic N) is 1. The van der Waals surface area contributed by atoms with Crippen LogP contribution < -0.4 is 5.32 Å². The number of aryl methyl sites for hydroxylation is 1. The summed E-state index contributed by atoms with van der Waals surface area (Å²) in [5, 5.41) is 3.55. The minimum atomic E-state index is -0.321. The minimum absolute atomic E-state index is 0.101. The van der Waals surface area contributed by atoms with Crippen molar-refractivity contribution in [3.05, 3.63) is 53.8 Å². The summed E-state index contributed by atoms with van der Waals surface area (Å²) < 4.78 is 12.8. The third kappa shape index (κ3) is 4.10. The van der Waals surface area contributed by atoms with Crippen molar-refractivity contribution in [3.8, 4) is 0 Å². The lowest BCUT2D eigenvalue weighted by molar-refractivity contribution is -0.115. The minimum Gasteiger partial charge on any atom is -0.333 e. The van der Waals surface area contributed by atoms with Crippen molar-refractivity contribution in [2.45, 2.75) is 18.5 Å². The van der Waals surface area contributed by atoms with E-state index < -0.39 is 0 Å². The number of hydrogen-bond acceptors (Lipinski definition) is 3. The smallest absolute Gasteiger partial charge is 0.225 e. The van der Waals surface area contributed by atoms with Crippen LogP contribution >= 0.6 is 11.8 Å². The number of anilines is 1. The number of nitrogens with one attached hydrogen (secondary N) is 2. The van der Waals surface area contributed by atoms with E-state index in [-0.39, 0.29) is 11.7 Å². The van der Waals surface area contributed by atoms with Gasteiger partial charge in [0.2, 0.25) is 5.91 Å². The standard InChI is InChI=1S/C17H16FN3OS/c1-11-2-7-14-15(10-11)21-17(20-14)23-9-8-16(22)19-13-5-3-12(18)4-6-13/h2-7,10H,8-9H2,1H3,(H,19,22)(H,20,21). The number of amides is 1. The van der Waals surface area contributed by atoms with Gasteiger partial charge < -0.3 is 10.3 Å². The highest BCUT2D eigenvalue weighted by atomic mass is 32.2. The summed E-state index contributed by atoms with van der Waals surface area (Å²) >= 11 is 1.51. The first kappa shape index (κ1) is 15.6. The predicted octanol–water partition coefficient (Wildman–Crippen LogP) is 4.13. The average Bonchev–Trinajstić information content (AvgIpc) is 2.91. The van der Waals surface area contributed by atoms with Crippen LogP contribution in [0.3, 0.4) is 0 Å². The van der Waals surface area contributed by atoms with Crippen LogP contribution in [0.15, 0.2) is 47.6 Å². The lowest BCUT2D eigenvalue weighted by atomic mass is 10.2. The second kappa shape index (κ2) is 6.83. The van der Waals surface area contributed by atoms with E-state index in [9.17, 15) is 9.18 Å². The molecule has 118 valence electrons. The first-order valence-electron chi connectivity index (χ1n) is 7.25. The molecule has 2 aromatic carbocycles. The zero-order chi connectivity index (χ0) is 16.2. The molecule has 3 aromatic rings. The van der Waals surface area contributed by atoms with Crippen molar-refractivity contribution >= 4 is 34.4 Å². The van der Waals surface area contributed by atoms with Crippen molar-refractivity contribution in [3.63, 3.8) is 0 Å². The Morgan fingerprint density at radius 2 is 2.04 bits per heavy atom. The average molecular weight is 329 g/mol. The SMILES string of the molecule is Cc1ccc2nc(SCCC(=O)Nc3ccc(F)cc3)[nH]c2c1. The Hall–Kier alpha value is -2.34. The third-order valence-corrected chi connectivity index (χ3v) is 4.19. The van der Waals surface area contributed by atoms with E-state index in [1.165, 1.54) is 29.5 Å². The molecule has 6 heteroatoms. The van der Waals surface area contributed by atoms with Gasteiger partial charge in [-0.25, -0.2) is 9.37 Å². The highest BCUT2D eigenvalue weighted by Gasteiger charge is 2.06. The van der Waals surface area contributed by atoms with Crippen LogP contribution in [-0.2, 0) is 4.79 Å². The number of H-pyrrole nitrogens is 1. The van der Waals surface area contributed by atoms with E-state index in [0.29, 0.717) is 17.9 Å². The zero-order valence-electron chi connectivity index (χ0n) is 12.6. The Morgan fingerprint density at radius 1 is 1.26 bits per heavy atom. The van der Waals surface area contributed by atoms with Crippen LogP contribution in [0.25, 0.3) is 11.0 Å². The first-order valence-corrected chi connectivity index (χ1v) is 8.23. The van der Waals surface area contributed by atoms with E-state index in [2.05, 4.69) is 15.3 Å². The Morgan fingerprint density at radius 3 is 2.83 bits per heavy atom. The van der Waals surface area contributed by atoms with Gasteiger partial charge >= 0.3 is 0 Å². The number of rotatable bonds is 5. The van der Waals surface area contributed by atoms with E-state index in [4.69, 9.17) is 0 Å². The Balaban J connectivity index is 1.51. The Bertz CT molecular complexity index is 829. The number of fused-ring (bicyclic) bond motifs is 1. The summed E-state index contributed by atoms with van der Waals surface area (Å²) in [6, 6.07) is 11.8. The number of benzene rings is 2. The maximum absolute atomic E-state index is 12.8. The molecule has 1 amide bonds. The molecule has 0 aliphatic carbocycles. The molecule has 1 heterocycles. The molecule has 23 heavy (non-hydrogen) atoms. The van der Waals surface area contributed by atoms with Gasteiger partial charge in [0.1, 0.15) is 5.82 Å². The first-order chi connectivity index (χ1) is 11.1. The quantitative estimate of drug-likeness (QED) is 0.692. The predicted molar refractivity (Wildman–Crippen MR) is 91.2 cm³/mol. The van der Waals surface area contributed by atoms with Crippen LogP contribution in [0.1, 0.15) is 12.0 Å². The van der Waals surface area contributed by atoms with Crippen molar-refractivity contribution in [1.29, 1.82) is 0 Å². The summed E-state index contributed by atoms with van der Waals surface area (Å²) in [4.78, 5) is 19.6. The number of halogens is 1. The Labute approximate surface area is 137 Å². The fourth-order valence-electron chi connectivity index (χ4n) is 2.17. The van der Waals surface area contributed by atoms with E-state index in [0.717, 1.165) is 16.2 Å². The summed E-state index contributed by atoms with van der Waals surface area (Å²) in [5.41, 5.74) is 3.70. The number of aromatic nitrogens is 2. The van der Waals surface area contributed by atoms with Crippen molar-refractivity contribution < 1.29 is 9.18 Å². The molecule has 4 nitrogen and oxygen atoms in total. The van der Waals surface area contributed by atoms with Gasteiger partial charge in [0, 0.05) is 17.9 Å². The van der Waals surface area contributed by atoms with E-state index in [1.807, 2.05) is 25.1 Å². The number of carbonyl (C=O) groups excluding carboxylic acids is 1. The molecular formula is C17H16FN3OS. The molecule has 0 radical (unpaired) electrons. The summed E-state index contributed by atoms with van der Waals surface area (Å²) in [7, 11) is 0. The maximum Gasteiger partial charge on any atom is 0.225 e. The van der Waals surface area contributed by atoms with E-state index in [1.54, 1.807) is 12.1 Å². The second-order valence-electron chi connectivity index (χ2n) is 5.22. The van der Waals surface area contributed by atoms with Gasteiger partial charge in [0.25, 0.3) is 0 Å². The van der Waals surface area contributed by atoms with E-state index >= 15 is 0 Å². The third-order valence-electron chi connectivity index (χ3n) is 3.31.